The topological polar surface area (TPSA) is 127 Å². The molecule has 200 valence electrons. The maximum atomic E-state index is 14.8. The van der Waals surface area contributed by atoms with Crippen molar-refractivity contribution in [2.24, 2.45) is 11.7 Å². The lowest BCUT2D eigenvalue weighted by Gasteiger charge is -2.37. The number of imidazole rings is 1. The minimum Gasteiger partial charge on any atom is -0.385 e. The second-order valence-corrected chi connectivity index (χ2v) is 10.5. The van der Waals surface area contributed by atoms with Crippen LogP contribution in [0.25, 0.3) is 6.08 Å². The van der Waals surface area contributed by atoms with E-state index >= 15 is 0 Å². The molecule has 2 aromatic heterocycles. The molecule has 2 aliphatic rings. The van der Waals surface area contributed by atoms with Gasteiger partial charge in [-0.3, -0.25) is 4.98 Å². The van der Waals surface area contributed by atoms with Crippen molar-refractivity contribution in [3.05, 3.63) is 71.3 Å². The summed E-state index contributed by atoms with van der Waals surface area (Å²) in [5.74, 6) is -0.782. The van der Waals surface area contributed by atoms with Crippen LogP contribution < -0.4 is 16.0 Å². The Hall–Kier alpha value is -3.63. The SMILES string of the molecule is C[C@@H]1C[C@H](N)CN(c2ccncc2Nc2ncc(/C=C\C(=N)c3c(F)cc(C4(O)CCCC4)cc3F)[nH]2)C1. The molecule has 8 nitrogen and oxygen atoms in total. The number of anilines is 3. The average molecular weight is 522 g/mol. The number of hydrogen-bond acceptors (Lipinski definition) is 7. The molecule has 38 heavy (non-hydrogen) atoms. The van der Waals surface area contributed by atoms with E-state index in [-0.39, 0.29) is 17.3 Å². The predicted molar refractivity (Wildman–Crippen MR) is 145 cm³/mol. The summed E-state index contributed by atoms with van der Waals surface area (Å²) in [6, 6.07) is 4.34. The standard InChI is InChI=1S/C28H33F2N7O/c1-17-10-19(31)16-37(15-17)25-6-9-33-14-24(25)36-27-34-13-20(35-27)4-5-23(32)26-21(29)11-18(12-22(26)30)28(38)7-2-3-8-28/h4-6,9,11-14,17,19,32,38H,2-3,7-8,10,15-16,31H2,1H3,(H2,34,35,36)/b5-4-,32-23?/t17-,19+/m1/s1. The smallest absolute Gasteiger partial charge is 0.205 e. The van der Waals surface area contributed by atoms with Gasteiger partial charge in [0.1, 0.15) is 11.6 Å². The van der Waals surface area contributed by atoms with Crippen molar-refractivity contribution in [3.8, 4) is 0 Å². The summed E-state index contributed by atoms with van der Waals surface area (Å²) in [6.45, 7) is 3.84. The highest BCUT2D eigenvalue weighted by Gasteiger charge is 2.34. The fraction of sp³-hybridized carbons (Fsp3) is 0.393. The van der Waals surface area contributed by atoms with Gasteiger partial charge in [-0.05, 0) is 61.1 Å². The lowest BCUT2D eigenvalue weighted by atomic mass is 9.90. The lowest BCUT2D eigenvalue weighted by molar-refractivity contribution is 0.0438. The van der Waals surface area contributed by atoms with Crippen molar-refractivity contribution in [3.63, 3.8) is 0 Å². The summed E-state index contributed by atoms with van der Waals surface area (Å²) >= 11 is 0. The molecular formula is C28H33F2N7O. The Labute approximate surface area is 220 Å². The van der Waals surface area contributed by atoms with E-state index in [4.69, 9.17) is 11.1 Å². The number of hydrogen-bond donors (Lipinski definition) is 5. The molecule has 2 fully saturated rings. The Morgan fingerprint density at radius 3 is 2.68 bits per heavy atom. The zero-order chi connectivity index (χ0) is 26.9. The quantitative estimate of drug-likeness (QED) is 0.283. The third kappa shape index (κ3) is 5.46. The highest BCUT2D eigenvalue weighted by atomic mass is 19.1. The first kappa shape index (κ1) is 26.0. The summed E-state index contributed by atoms with van der Waals surface area (Å²) in [5, 5.41) is 22.2. The van der Waals surface area contributed by atoms with E-state index in [0.29, 0.717) is 30.4 Å². The largest absolute Gasteiger partial charge is 0.385 e. The normalized spacial score (nSPS) is 21.2. The van der Waals surface area contributed by atoms with Crippen molar-refractivity contribution in [2.45, 2.75) is 50.7 Å². The first-order valence-corrected chi connectivity index (χ1v) is 13.0. The van der Waals surface area contributed by atoms with Crippen molar-refractivity contribution < 1.29 is 13.9 Å². The molecule has 0 unspecified atom stereocenters. The van der Waals surface area contributed by atoms with E-state index in [2.05, 4.69) is 32.1 Å². The summed E-state index contributed by atoms with van der Waals surface area (Å²) in [4.78, 5) is 13.9. The van der Waals surface area contributed by atoms with Crippen LogP contribution in [0.1, 0.15) is 55.8 Å². The molecule has 0 spiro atoms. The predicted octanol–water partition coefficient (Wildman–Crippen LogP) is 4.84. The average Bonchev–Trinajstić information content (AvgIpc) is 3.51. The van der Waals surface area contributed by atoms with Gasteiger partial charge in [-0.1, -0.05) is 19.8 Å². The van der Waals surface area contributed by atoms with Gasteiger partial charge in [0.25, 0.3) is 0 Å². The highest BCUT2D eigenvalue weighted by molar-refractivity contribution is 6.09. The van der Waals surface area contributed by atoms with E-state index in [0.717, 1.165) is 55.9 Å². The molecule has 3 aromatic rings. The van der Waals surface area contributed by atoms with Crippen LogP contribution in [0.15, 0.2) is 42.9 Å². The van der Waals surface area contributed by atoms with E-state index in [1.165, 1.54) is 12.2 Å². The van der Waals surface area contributed by atoms with Crippen LogP contribution in [-0.2, 0) is 5.60 Å². The molecule has 0 radical (unpaired) electrons. The van der Waals surface area contributed by atoms with E-state index in [1.54, 1.807) is 18.6 Å². The third-order valence-corrected chi connectivity index (χ3v) is 7.39. The van der Waals surface area contributed by atoms with Gasteiger partial charge in [-0.25, -0.2) is 13.8 Å². The van der Waals surface area contributed by atoms with E-state index < -0.39 is 22.8 Å². The number of halogens is 2. The molecule has 2 atom stereocenters. The number of aromatic amines is 1. The summed E-state index contributed by atoms with van der Waals surface area (Å²) in [7, 11) is 0. The van der Waals surface area contributed by atoms with Crippen molar-refractivity contribution in [1.29, 1.82) is 5.41 Å². The van der Waals surface area contributed by atoms with Crippen molar-refractivity contribution in [1.82, 2.24) is 15.0 Å². The molecule has 1 aliphatic carbocycles. The maximum absolute atomic E-state index is 14.8. The van der Waals surface area contributed by atoms with Crippen molar-refractivity contribution >= 4 is 29.1 Å². The van der Waals surface area contributed by atoms with Gasteiger partial charge in [-0.2, -0.15) is 0 Å². The van der Waals surface area contributed by atoms with Crippen LogP contribution in [0.5, 0.6) is 0 Å². The van der Waals surface area contributed by atoms with Gasteiger partial charge in [0.15, 0.2) is 0 Å². The fourth-order valence-corrected chi connectivity index (χ4v) is 5.57. The first-order chi connectivity index (χ1) is 18.2. The van der Waals surface area contributed by atoms with Gasteiger partial charge in [-0.15, -0.1) is 0 Å². The molecule has 0 amide bonds. The molecule has 1 saturated heterocycles. The fourth-order valence-electron chi connectivity index (χ4n) is 5.57. The number of aromatic nitrogens is 3. The molecule has 6 N–H and O–H groups in total. The van der Waals surface area contributed by atoms with Crippen LogP contribution in [0.2, 0.25) is 0 Å². The number of nitrogens with two attached hydrogens (primary N) is 1. The Morgan fingerprint density at radius 2 is 1.97 bits per heavy atom. The first-order valence-electron chi connectivity index (χ1n) is 13.0. The number of H-pyrrole nitrogens is 1. The molecule has 0 bridgehead atoms. The number of nitrogens with one attached hydrogen (secondary N) is 3. The Kier molecular flexibility index (Phi) is 7.27. The Morgan fingerprint density at radius 1 is 1.24 bits per heavy atom. The number of piperidine rings is 1. The maximum Gasteiger partial charge on any atom is 0.205 e. The molecule has 5 rings (SSSR count). The lowest BCUT2D eigenvalue weighted by Crippen LogP contribution is -2.46. The van der Waals surface area contributed by atoms with Crippen molar-refractivity contribution in [2.75, 3.05) is 23.3 Å². The van der Waals surface area contributed by atoms with Crippen LogP contribution in [0.3, 0.4) is 0 Å². The second kappa shape index (κ2) is 10.6. The number of pyridine rings is 1. The van der Waals surface area contributed by atoms with Gasteiger partial charge >= 0.3 is 0 Å². The summed E-state index contributed by atoms with van der Waals surface area (Å²) in [6.07, 6.45) is 11.5. The van der Waals surface area contributed by atoms with Gasteiger partial charge in [0.05, 0.1) is 46.3 Å². The van der Waals surface area contributed by atoms with Gasteiger partial charge in [0, 0.05) is 25.3 Å². The van der Waals surface area contributed by atoms with Crippen LogP contribution in [0.4, 0.5) is 26.1 Å². The van der Waals surface area contributed by atoms with E-state index in [9.17, 15) is 13.9 Å². The number of benzene rings is 1. The molecule has 1 aromatic carbocycles. The Balaban J connectivity index is 1.29. The monoisotopic (exact) mass is 521 g/mol. The molecule has 1 saturated carbocycles. The third-order valence-electron chi connectivity index (χ3n) is 7.39. The molecule has 3 heterocycles. The molecular weight excluding hydrogens is 488 g/mol. The minimum atomic E-state index is -1.20. The molecule has 1 aliphatic heterocycles. The minimum absolute atomic E-state index is 0.105. The second-order valence-electron chi connectivity index (χ2n) is 10.5. The zero-order valence-corrected chi connectivity index (χ0v) is 21.3. The van der Waals surface area contributed by atoms with Gasteiger partial charge < -0.3 is 31.5 Å². The number of allylic oxidation sites excluding steroid dienone is 1. The zero-order valence-electron chi connectivity index (χ0n) is 21.3. The highest BCUT2D eigenvalue weighted by Crippen LogP contribution is 2.39. The van der Waals surface area contributed by atoms with E-state index in [1.807, 2.05) is 6.07 Å². The summed E-state index contributed by atoms with van der Waals surface area (Å²) < 4.78 is 29.6. The number of aliphatic hydroxyl groups is 1. The van der Waals surface area contributed by atoms with Gasteiger partial charge in [0.2, 0.25) is 5.95 Å². The number of nitrogens with zero attached hydrogens (tertiary/aromatic N) is 3. The summed E-state index contributed by atoms with van der Waals surface area (Å²) in [5.41, 5.74) is 6.82. The van der Waals surface area contributed by atoms with Crippen LogP contribution in [-0.4, -0.2) is 44.9 Å². The molecule has 10 heteroatoms. The van der Waals surface area contributed by atoms with Crippen LogP contribution in [0, 0.1) is 23.0 Å². The number of rotatable bonds is 7. The Bertz CT molecular complexity index is 1320. The van der Waals surface area contributed by atoms with Crippen LogP contribution >= 0.6 is 0 Å².